The van der Waals surface area contributed by atoms with Crippen LogP contribution in [0.15, 0.2) is 53.6 Å². The molecule has 6 nitrogen and oxygen atoms in total. The maximum absolute atomic E-state index is 11.8. The lowest BCUT2D eigenvalue weighted by Gasteiger charge is -2.06. The molecule has 128 valence electrons. The molecule has 0 saturated carbocycles. The monoisotopic (exact) mass is 338 g/mol. The largest absolute Gasteiger partial charge is 0.497 e. The Morgan fingerprint density at radius 2 is 1.88 bits per heavy atom. The van der Waals surface area contributed by atoms with Crippen molar-refractivity contribution in [3.63, 3.8) is 0 Å². The molecule has 6 heteroatoms. The number of hydrogen-bond acceptors (Lipinski definition) is 5. The first-order valence-electron chi connectivity index (χ1n) is 7.47. The number of hydrazone groups is 1. The molecular weight excluding hydrogens is 320 g/mol. The maximum atomic E-state index is 11.8. The molecular formula is C19H18N2O4. The summed E-state index contributed by atoms with van der Waals surface area (Å²) in [6, 6.07) is 14.2. The highest BCUT2D eigenvalue weighted by Crippen LogP contribution is 2.17. The van der Waals surface area contributed by atoms with Crippen molar-refractivity contribution in [2.45, 2.75) is 0 Å². The van der Waals surface area contributed by atoms with Gasteiger partial charge in [0, 0.05) is 5.56 Å². The highest BCUT2D eigenvalue weighted by atomic mass is 16.5. The minimum Gasteiger partial charge on any atom is -0.497 e. The standard InChI is InChI=1S/C19H18N2O4/c1-3-12-24-18-7-5-4-6-15(18)13-20-21-19(22)14-25-17-10-8-16(23-2)9-11-17/h1,4-11,13H,12,14H2,2H3,(H,21,22). The van der Waals surface area contributed by atoms with E-state index in [-0.39, 0.29) is 19.1 Å². The van der Waals surface area contributed by atoms with Crippen LogP contribution in [0, 0.1) is 12.3 Å². The van der Waals surface area contributed by atoms with Gasteiger partial charge in [-0.25, -0.2) is 5.43 Å². The third kappa shape index (κ3) is 5.92. The predicted octanol–water partition coefficient (Wildman–Crippen LogP) is 2.24. The van der Waals surface area contributed by atoms with Gasteiger partial charge in [-0.3, -0.25) is 4.79 Å². The summed E-state index contributed by atoms with van der Waals surface area (Å²) in [5.41, 5.74) is 3.10. The fraction of sp³-hybridized carbons (Fsp3) is 0.158. The molecule has 0 aliphatic rings. The van der Waals surface area contributed by atoms with Crippen LogP contribution < -0.4 is 19.6 Å². The van der Waals surface area contributed by atoms with Gasteiger partial charge in [-0.05, 0) is 36.4 Å². The van der Waals surface area contributed by atoms with Gasteiger partial charge in [0.1, 0.15) is 23.9 Å². The van der Waals surface area contributed by atoms with Gasteiger partial charge in [0.05, 0.1) is 13.3 Å². The van der Waals surface area contributed by atoms with Crippen LogP contribution in [-0.4, -0.2) is 32.4 Å². The summed E-state index contributed by atoms with van der Waals surface area (Å²) >= 11 is 0. The molecule has 1 N–H and O–H groups in total. The Morgan fingerprint density at radius 3 is 2.60 bits per heavy atom. The topological polar surface area (TPSA) is 69.2 Å². The van der Waals surface area contributed by atoms with Crippen molar-refractivity contribution in [1.82, 2.24) is 5.43 Å². The average Bonchev–Trinajstić information content (AvgIpc) is 2.66. The zero-order valence-electron chi connectivity index (χ0n) is 13.8. The lowest BCUT2D eigenvalue weighted by atomic mass is 10.2. The van der Waals surface area contributed by atoms with Crippen molar-refractivity contribution in [1.29, 1.82) is 0 Å². The number of amides is 1. The summed E-state index contributed by atoms with van der Waals surface area (Å²) in [6.45, 7) is 0.00578. The molecule has 0 aromatic heterocycles. The Hall–Kier alpha value is -3.46. The highest BCUT2D eigenvalue weighted by Gasteiger charge is 2.03. The van der Waals surface area contributed by atoms with Crippen molar-refractivity contribution < 1.29 is 19.0 Å². The molecule has 0 saturated heterocycles. The van der Waals surface area contributed by atoms with Gasteiger partial charge in [0.15, 0.2) is 6.61 Å². The zero-order chi connectivity index (χ0) is 17.9. The molecule has 2 rings (SSSR count). The van der Waals surface area contributed by atoms with E-state index in [9.17, 15) is 4.79 Å². The lowest BCUT2D eigenvalue weighted by molar-refractivity contribution is -0.123. The molecule has 2 aromatic rings. The molecule has 0 radical (unpaired) electrons. The molecule has 0 aliphatic heterocycles. The minimum absolute atomic E-state index is 0.154. The summed E-state index contributed by atoms with van der Waals surface area (Å²) in [7, 11) is 1.58. The number of rotatable bonds is 8. The quantitative estimate of drug-likeness (QED) is 0.455. The Kier molecular flexibility index (Phi) is 6.89. The van der Waals surface area contributed by atoms with Crippen molar-refractivity contribution in [3.05, 3.63) is 54.1 Å². The van der Waals surface area contributed by atoms with E-state index in [4.69, 9.17) is 20.6 Å². The average molecular weight is 338 g/mol. The normalized spacial score (nSPS) is 10.1. The van der Waals surface area contributed by atoms with E-state index in [0.717, 1.165) is 0 Å². The molecule has 2 aromatic carbocycles. The number of nitrogens with one attached hydrogen (secondary N) is 1. The number of hydrogen-bond donors (Lipinski definition) is 1. The summed E-state index contributed by atoms with van der Waals surface area (Å²) in [5, 5.41) is 3.89. The Morgan fingerprint density at radius 1 is 1.16 bits per heavy atom. The summed E-state index contributed by atoms with van der Waals surface area (Å²) < 4.78 is 15.8. The maximum Gasteiger partial charge on any atom is 0.277 e. The van der Waals surface area contributed by atoms with Gasteiger partial charge in [-0.1, -0.05) is 18.1 Å². The highest BCUT2D eigenvalue weighted by molar-refractivity contribution is 5.85. The van der Waals surface area contributed by atoms with Gasteiger partial charge in [0.2, 0.25) is 0 Å². The van der Waals surface area contributed by atoms with E-state index >= 15 is 0 Å². The smallest absolute Gasteiger partial charge is 0.277 e. The predicted molar refractivity (Wildman–Crippen MR) is 95.0 cm³/mol. The first kappa shape index (κ1) is 17.9. The molecule has 25 heavy (non-hydrogen) atoms. The second kappa shape index (κ2) is 9.63. The Balaban J connectivity index is 1.83. The fourth-order valence-electron chi connectivity index (χ4n) is 1.86. The fourth-order valence-corrected chi connectivity index (χ4v) is 1.86. The minimum atomic E-state index is -0.380. The van der Waals surface area contributed by atoms with E-state index in [0.29, 0.717) is 22.8 Å². The van der Waals surface area contributed by atoms with Crippen LogP contribution in [0.25, 0.3) is 0 Å². The summed E-state index contributed by atoms with van der Waals surface area (Å²) in [6.07, 6.45) is 6.66. The van der Waals surface area contributed by atoms with Crippen LogP contribution in [0.2, 0.25) is 0 Å². The molecule has 0 aliphatic carbocycles. The molecule has 1 amide bonds. The zero-order valence-corrected chi connectivity index (χ0v) is 13.8. The van der Waals surface area contributed by atoms with Crippen LogP contribution in [0.4, 0.5) is 0 Å². The van der Waals surface area contributed by atoms with Gasteiger partial charge < -0.3 is 14.2 Å². The van der Waals surface area contributed by atoms with Crippen molar-refractivity contribution in [2.24, 2.45) is 5.10 Å². The summed E-state index contributed by atoms with van der Waals surface area (Å²) in [5.74, 6) is 3.88. The van der Waals surface area contributed by atoms with Crippen LogP contribution in [-0.2, 0) is 4.79 Å². The van der Waals surface area contributed by atoms with Crippen LogP contribution in [0.1, 0.15) is 5.56 Å². The van der Waals surface area contributed by atoms with Crippen molar-refractivity contribution in [3.8, 4) is 29.6 Å². The van der Waals surface area contributed by atoms with E-state index in [1.807, 2.05) is 12.1 Å². The Bertz CT molecular complexity index is 764. The SMILES string of the molecule is C#CCOc1ccccc1C=NNC(=O)COc1ccc(OC)cc1. The number of carbonyl (C=O) groups excluding carboxylic acids is 1. The molecule has 0 fully saturated rings. The van der Waals surface area contributed by atoms with E-state index < -0.39 is 0 Å². The van der Waals surface area contributed by atoms with Gasteiger partial charge in [-0.2, -0.15) is 5.10 Å². The van der Waals surface area contributed by atoms with Gasteiger partial charge in [-0.15, -0.1) is 6.42 Å². The van der Waals surface area contributed by atoms with Gasteiger partial charge >= 0.3 is 0 Å². The number of ether oxygens (including phenoxy) is 3. The molecule has 0 heterocycles. The number of methoxy groups -OCH3 is 1. The first-order valence-corrected chi connectivity index (χ1v) is 7.47. The molecule has 0 atom stereocenters. The number of nitrogens with zero attached hydrogens (tertiary/aromatic N) is 1. The van der Waals surface area contributed by atoms with Crippen molar-refractivity contribution in [2.75, 3.05) is 20.3 Å². The van der Waals surface area contributed by atoms with Crippen molar-refractivity contribution >= 4 is 12.1 Å². The number of para-hydroxylation sites is 1. The number of benzene rings is 2. The molecule has 0 spiro atoms. The van der Waals surface area contributed by atoms with E-state index in [2.05, 4.69) is 16.4 Å². The lowest BCUT2D eigenvalue weighted by Crippen LogP contribution is -2.24. The second-order valence-electron chi connectivity index (χ2n) is 4.79. The first-order chi connectivity index (χ1) is 12.2. The molecule has 0 bridgehead atoms. The van der Waals surface area contributed by atoms with E-state index in [1.165, 1.54) is 6.21 Å². The van der Waals surface area contributed by atoms with Crippen LogP contribution in [0.3, 0.4) is 0 Å². The van der Waals surface area contributed by atoms with Crippen LogP contribution >= 0.6 is 0 Å². The Labute approximate surface area is 146 Å². The third-order valence-electron chi connectivity index (χ3n) is 3.05. The van der Waals surface area contributed by atoms with Gasteiger partial charge in [0.25, 0.3) is 5.91 Å². The van der Waals surface area contributed by atoms with E-state index in [1.54, 1.807) is 43.5 Å². The number of terminal acetylenes is 1. The second-order valence-corrected chi connectivity index (χ2v) is 4.79. The van der Waals surface area contributed by atoms with Crippen LogP contribution in [0.5, 0.6) is 17.2 Å². The molecule has 0 unspecified atom stereocenters. The summed E-state index contributed by atoms with van der Waals surface area (Å²) in [4.78, 5) is 11.8. The number of carbonyl (C=O) groups is 1. The third-order valence-corrected chi connectivity index (χ3v) is 3.05.